The van der Waals surface area contributed by atoms with E-state index in [0.29, 0.717) is 5.92 Å². The molecule has 0 fully saturated rings. The maximum absolute atomic E-state index is 3.99. The lowest BCUT2D eigenvalue weighted by Gasteiger charge is -2.10. The molecule has 0 spiro atoms. The fourth-order valence-corrected chi connectivity index (χ4v) is 2.46. The van der Waals surface area contributed by atoms with Gasteiger partial charge in [0.25, 0.3) is 0 Å². The van der Waals surface area contributed by atoms with Crippen LogP contribution < -0.4 is 5.30 Å². The Morgan fingerprint density at radius 3 is 1.75 bits per heavy atom. The van der Waals surface area contributed by atoms with E-state index in [0.717, 1.165) is 10.5 Å². The summed E-state index contributed by atoms with van der Waals surface area (Å²) in [5.41, 5.74) is 7.84. The molecule has 2 aromatic rings. The van der Waals surface area contributed by atoms with Crippen molar-refractivity contribution in [2.24, 2.45) is 0 Å². The van der Waals surface area contributed by atoms with Gasteiger partial charge in [0.15, 0.2) is 0 Å². The summed E-state index contributed by atoms with van der Waals surface area (Å²) in [6.07, 6.45) is 0. The van der Waals surface area contributed by atoms with Gasteiger partial charge in [-0.05, 0) is 73.0 Å². The van der Waals surface area contributed by atoms with Crippen LogP contribution in [0.2, 0.25) is 0 Å². The van der Waals surface area contributed by atoms with Gasteiger partial charge in [0.2, 0.25) is 0 Å². The van der Waals surface area contributed by atoms with E-state index < -0.39 is 0 Å². The molecule has 0 heterocycles. The van der Waals surface area contributed by atoms with E-state index in [-0.39, 0.29) is 0 Å². The summed E-state index contributed by atoms with van der Waals surface area (Å²) in [6, 6.07) is 13.1. The second-order valence-electron chi connectivity index (χ2n) is 7.10. The Morgan fingerprint density at radius 2 is 1.39 bits per heavy atom. The zero-order valence-corrected chi connectivity index (χ0v) is 21.5. The van der Waals surface area contributed by atoms with E-state index in [1.54, 1.807) is 0 Å². The van der Waals surface area contributed by atoms with Gasteiger partial charge < -0.3 is 0 Å². The van der Waals surface area contributed by atoms with Crippen molar-refractivity contribution in [3.05, 3.63) is 82.3 Å². The number of benzene rings is 2. The molecule has 2 aromatic carbocycles. The number of rotatable bonds is 2. The second kappa shape index (κ2) is 15.6. The Bertz CT molecular complexity index is 738. The number of thiol groups is 1. The van der Waals surface area contributed by atoms with Crippen molar-refractivity contribution in [3.63, 3.8) is 0 Å². The van der Waals surface area contributed by atoms with Gasteiger partial charge in [0.05, 0.1) is 0 Å². The van der Waals surface area contributed by atoms with Crippen molar-refractivity contribution < 1.29 is 0 Å². The first kappa shape index (κ1) is 28.9. The van der Waals surface area contributed by atoms with Gasteiger partial charge in [-0.15, -0.1) is 21.9 Å². The fourth-order valence-electron chi connectivity index (χ4n) is 2.28. The molecule has 0 saturated heterocycles. The van der Waals surface area contributed by atoms with Gasteiger partial charge in [-0.3, -0.25) is 0 Å². The predicted octanol–water partition coefficient (Wildman–Crippen LogP) is 8.43. The third-order valence-corrected chi connectivity index (χ3v) is 4.46. The minimum atomic E-state index is 0.596. The zero-order chi connectivity index (χ0) is 22.4. The van der Waals surface area contributed by atoms with Gasteiger partial charge in [-0.25, -0.2) is 0 Å². The molecule has 0 saturated carbocycles. The molecule has 0 N–H and O–H groups in total. The van der Waals surface area contributed by atoms with Crippen LogP contribution in [-0.2, 0) is 0 Å². The van der Waals surface area contributed by atoms with Crippen molar-refractivity contribution in [2.75, 3.05) is 0 Å². The number of hydrogen-bond donors (Lipinski definition) is 1. The van der Waals surface area contributed by atoms with Gasteiger partial charge >= 0.3 is 0 Å². The highest BCUT2D eigenvalue weighted by atomic mass is 32.1. The summed E-state index contributed by atoms with van der Waals surface area (Å²) in [5, 5.41) is 1.29. The van der Waals surface area contributed by atoms with Crippen molar-refractivity contribution in [1.82, 2.24) is 0 Å². The third kappa shape index (κ3) is 13.0. The Hall–Kier alpha value is -1.30. The average molecular weight is 417 g/mol. The van der Waals surface area contributed by atoms with Crippen LogP contribution in [0.15, 0.2) is 54.5 Å². The van der Waals surface area contributed by atoms with Crippen LogP contribution in [0.3, 0.4) is 0 Å². The van der Waals surface area contributed by atoms with E-state index in [9.17, 15) is 0 Å². The van der Waals surface area contributed by atoms with Crippen LogP contribution >= 0.6 is 21.9 Å². The van der Waals surface area contributed by atoms with Crippen LogP contribution in [0.1, 0.15) is 75.3 Å². The Kier molecular flexibility index (Phi) is 16.1. The maximum Gasteiger partial charge on any atom is -0.0201 e. The summed E-state index contributed by atoms with van der Waals surface area (Å²) in [7, 11) is 2.71. The van der Waals surface area contributed by atoms with E-state index >= 15 is 0 Å². The molecule has 0 amide bonds. The molecule has 0 bridgehead atoms. The van der Waals surface area contributed by atoms with E-state index in [2.05, 4.69) is 113 Å². The molecular weight excluding hydrogens is 375 g/mol. The topological polar surface area (TPSA) is 0 Å². The molecule has 0 aliphatic heterocycles. The number of aryl methyl sites for hydroxylation is 3. The molecule has 28 heavy (non-hydrogen) atoms. The Balaban J connectivity index is 0. The minimum absolute atomic E-state index is 0.596. The highest BCUT2D eigenvalue weighted by Gasteiger charge is 2.03. The molecule has 1 unspecified atom stereocenters. The van der Waals surface area contributed by atoms with Crippen molar-refractivity contribution in [1.29, 1.82) is 0 Å². The largest absolute Gasteiger partial charge is 0.149 e. The molecule has 0 aliphatic carbocycles. The van der Waals surface area contributed by atoms with E-state index in [1.165, 1.54) is 33.1 Å². The molecule has 0 aliphatic rings. The lowest BCUT2D eigenvalue weighted by molar-refractivity contribution is 0.865. The quantitative estimate of drug-likeness (QED) is 0.368. The van der Waals surface area contributed by atoms with Crippen molar-refractivity contribution in [3.8, 4) is 0 Å². The molecule has 0 nitrogen and oxygen atoms in total. The standard InChI is InChI=1S/C13H18.C8H11P.C3H6S.C2H6/c1-9(2)12-7-6-11(5)13(8-12)10(3)4;1-6-3-4-8(9)7(2)5-6;1-3(2)4;1-2/h6-9H,3H2,1-2,4-5H3;3-5H,9H2,1-2H3;4H,1H2,2H3;1-2H3. The van der Waals surface area contributed by atoms with Gasteiger partial charge in [-0.1, -0.05) is 88.4 Å². The summed E-state index contributed by atoms with van der Waals surface area (Å²) in [5.74, 6) is 0.596. The number of hydrogen-bond acceptors (Lipinski definition) is 1. The van der Waals surface area contributed by atoms with Crippen LogP contribution in [-0.4, -0.2) is 0 Å². The molecule has 1 atom stereocenters. The SMILES string of the molecule is C=C(C)S.C=C(C)c1cc(C(C)C)ccc1C.CC.Cc1ccc(P)c(C)c1. The van der Waals surface area contributed by atoms with Crippen LogP contribution in [0.5, 0.6) is 0 Å². The van der Waals surface area contributed by atoms with Crippen LogP contribution in [0.4, 0.5) is 0 Å². The van der Waals surface area contributed by atoms with Crippen molar-refractivity contribution >= 4 is 32.7 Å². The molecule has 2 rings (SSSR count). The molecule has 156 valence electrons. The first-order valence-electron chi connectivity index (χ1n) is 9.89. The second-order valence-corrected chi connectivity index (χ2v) is 8.49. The molecule has 0 radical (unpaired) electrons. The third-order valence-electron chi connectivity index (χ3n) is 3.81. The maximum atomic E-state index is 3.99. The van der Waals surface area contributed by atoms with E-state index in [4.69, 9.17) is 0 Å². The van der Waals surface area contributed by atoms with Gasteiger partial charge in [-0.2, -0.15) is 0 Å². The highest BCUT2D eigenvalue weighted by Crippen LogP contribution is 2.22. The molecule has 2 heteroatoms. The van der Waals surface area contributed by atoms with Gasteiger partial charge in [0.1, 0.15) is 0 Å². The summed E-state index contributed by atoms with van der Waals surface area (Å²) < 4.78 is 0. The van der Waals surface area contributed by atoms with Crippen LogP contribution in [0, 0.1) is 20.8 Å². The van der Waals surface area contributed by atoms with Crippen molar-refractivity contribution in [2.45, 2.75) is 68.2 Å². The molecular formula is C26H41PS. The van der Waals surface area contributed by atoms with Crippen LogP contribution in [0.25, 0.3) is 5.57 Å². The Morgan fingerprint density at radius 1 is 0.893 bits per heavy atom. The first-order chi connectivity index (χ1) is 13.0. The fraction of sp³-hybridized carbons (Fsp3) is 0.385. The average Bonchev–Trinajstić information content (AvgIpc) is 2.60. The predicted molar refractivity (Wildman–Crippen MR) is 140 cm³/mol. The minimum Gasteiger partial charge on any atom is -0.149 e. The zero-order valence-electron chi connectivity index (χ0n) is 19.5. The first-order valence-corrected chi connectivity index (χ1v) is 10.9. The summed E-state index contributed by atoms with van der Waals surface area (Å²) >= 11 is 3.77. The molecule has 0 aromatic heterocycles. The highest BCUT2D eigenvalue weighted by molar-refractivity contribution is 7.84. The lowest BCUT2D eigenvalue weighted by Crippen LogP contribution is -1.94. The number of allylic oxidation sites excluding steroid dienone is 2. The summed E-state index contributed by atoms with van der Waals surface area (Å²) in [4.78, 5) is 0.861. The Labute approximate surface area is 183 Å². The van der Waals surface area contributed by atoms with Gasteiger partial charge in [0, 0.05) is 0 Å². The summed E-state index contributed by atoms with van der Waals surface area (Å²) in [6.45, 7) is 26.1. The smallest absolute Gasteiger partial charge is 0.0201 e. The lowest BCUT2D eigenvalue weighted by atomic mass is 9.95. The monoisotopic (exact) mass is 416 g/mol. The van der Waals surface area contributed by atoms with E-state index in [1.807, 2.05) is 20.8 Å². The normalized spacial score (nSPS) is 9.14.